The molecule has 0 spiro atoms. The molecule has 1 saturated heterocycles. The van der Waals surface area contributed by atoms with E-state index in [0.717, 1.165) is 19.6 Å². The van der Waals surface area contributed by atoms with Crippen LogP contribution >= 0.6 is 0 Å². The third-order valence-corrected chi connectivity index (χ3v) is 1.91. The summed E-state index contributed by atoms with van der Waals surface area (Å²) in [6.07, 6.45) is 1.11. The fourth-order valence-corrected chi connectivity index (χ4v) is 1.26. The number of hydrogen-bond acceptors (Lipinski definition) is 3. The second-order valence-electron chi connectivity index (χ2n) is 3.73. The Bertz CT molecular complexity index is 150. The fraction of sp³-hybridized carbons (Fsp3) is 1.00. The topological polar surface area (TPSA) is 55.3 Å². The van der Waals surface area contributed by atoms with Crippen molar-refractivity contribution in [1.82, 2.24) is 0 Å². The number of rotatable bonds is 5. The second-order valence-corrected chi connectivity index (χ2v) is 3.73. The van der Waals surface area contributed by atoms with Gasteiger partial charge in [-0.3, -0.25) is 0 Å². The molecule has 0 aromatic rings. The average Bonchev–Trinajstić information content (AvgIpc) is 2.40. The van der Waals surface area contributed by atoms with E-state index in [0.29, 0.717) is 13.2 Å². The van der Waals surface area contributed by atoms with Gasteiger partial charge < -0.3 is 19.9 Å². The lowest BCUT2D eigenvalue weighted by Crippen LogP contribution is -2.50. The van der Waals surface area contributed by atoms with Crippen LogP contribution < -0.4 is 5.73 Å². The van der Waals surface area contributed by atoms with E-state index in [4.69, 9.17) is 14.2 Å². The van der Waals surface area contributed by atoms with Crippen LogP contribution in [0.3, 0.4) is 0 Å². The Balaban J connectivity index is 2.04. The smallest absolute Gasteiger partial charge is 0.163 e. The van der Waals surface area contributed by atoms with Gasteiger partial charge in [0.2, 0.25) is 0 Å². The third kappa shape index (κ3) is 4.04. The van der Waals surface area contributed by atoms with E-state index in [1.807, 2.05) is 13.8 Å². The molecule has 0 aliphatic carbocycles. The predicted octanol–water partition coefficient (Wildman–Crippen LogP) is -0.213. The molecule has 3 N–H and O–H groups in total. The highest BCUT2D eigenvalue weighted by molar-refractivity contribution is 4.69. The van der Waals surface area contributed by atoms with E-state index in [1.165, 1.54) is 0 Å². The van der Waals surface area contributed by atoms with Gasteiger partial charge in [-0.25, -0.2) is 0 Å². The molecule has 13 heavy (non-hydrogen) atoms. The van der Waals surface area contributed by atoms with Gasteiger partial charge in [0.15, 0.2) is 5.79 Å². The van der Waals surface area contributed by atoms with E-state index >= 15 is 0 Å². The van der Waals surface area contributed by atoms with Crippen molar-refractivity contribution in [2.45, 2.75) is 32.2 Å². The van der Waals surface area contributed by atoms with Gasteiger partial charge in [0.25, 0.3) is 0 Å². The van der Waals surface area contributed by atoms with Crippen molar-refractivity contribution in [2.75, 3.05) is 26.4 Å². The Labute approximate surface area is 79.3 Å². The zero-order valence-electron chi connectivity index (χ0n) is 8.54. The van der Waals surface area contributed by atoms with Crippen molar-refractivity contribution in [3.8, 4) is 0 Å². The summed E-state index contributed by atoms with van der Waals surface area (Å²) in [5.41, 5.74) is 3.74. The molecule has 0 bridgehead atoms. The Morgan fingerprint density at radius 2 is 2.31 bits per heavy atom. The third-order valence-electron chi connectivity index (χ3n) is 1.91. The van der Waals surface area contributed by atoms with Crippen molar-refractivity contribution >= 4 is 0 Å². The average molecular weight is 190 g/mol. The van der Waals surface area contributed by atoms with Crippen LogP contribution in [0.4, 0.5) is 0 Å². The van der Waals surface area contributed by atoms with Gasteiger partial charge in [0, 0.05) is 6.42 Å². The number of quaternary nitrogens is 1. The number of hydrogen-bond donors (Lipinski definition) is 1. The van der Waals surface area contributed by atoms with Crippen molar-refractivity contribution < 1.29 is 19.9 Å². The maximum Gasteiger partial charge on any atom is 0.163 e. The van der Waals surface area contributed by atoms with Gasteiger partial charge in [-0.1, -0.05) is 0 Å². The zero-order valence-corrected chi connectivity index (χ0v) is 8.54. The lowest BCUT2D eigenvalue weighted by molar-refractivity contribution is -0.369. The van der Waals surface area contributed by atoms with Crippen LogP contribution in [0.25, 0.3) is 0 Å². The molecule has 0 radical (unpaired) electrons. The lowest BCUT2D eigenvalue weighted by Gasteiger charge is -2.16. The maximum atomic E-state index is 5.57. The molecule has 1 fully saturated rings. The van der Waals surface area contributed by atoms with E-state index in [-0.39, 0.29) is 6.10 Å². The van der Waals surface area contributed by atoms with Crippen molar-refractivity contribution in [3.05, 3.63) is 0 Å². The molecule has 0 unspecified atom stereocenters. The summed E-state index contributed by atoms with van der Waals surface area (Å²) in [5.74, 6) is -0.430. The molecule has 1 rings (SSSR count). The summed E-state index contributed by atoms with van der Waals surface area (Å²) >= 11 is 0. The van der Waals surface area contributed by atoms with E-state index < -0.39 is 5.79 Å². The van der Waals surface area contributed by atoms with Crippen LogP contribution in [0.2, 0.25) is 0 Å². The first-order valence-corrected chi connectivity index (χ1v) is 4.83. The van der Waals surface area contributed by atoms with E-state index in [1.54, 1.807) is 0 Å². The SMILES string of the molecule is CC1(C)OC[C@@H](COCCC[NH3+])O1. The Morgan fingerprint density at radius 3 is 2.85 bits per heavy atom. The van der Waals surface area contributed by atoms with Crippen LogP contribution in [0, 0.1) is 0 Å². The highest BCUT2D eigenvalue weighted by Crippen LogP contribution is 2.22. The Morgan fingerprint density at radius 1 is 1.54 bits per heavy atom. The van der Waals surface area contributed by atoms with Crippen LogP contribution in [0.15, 0.2) is 0 Å². The van der Waals surface area contributed by atoms with E-state index in [2.05, 4.69) is 5.73 Å². The first kappa shape index (κ1) is 10.9. The molecule has 1 aliphatic rings. The fourth-order valence-electron chi connectivity index (χ4n) is 1.26. The van der Waals surface area contributed by atoms with Crippen LogP contribution in [0.1, 0.15) is 20.3 Å². The predicted molar refractivity (Wildman–Crippen MR) is 48.1 cm³/mol. The molecule has 78 valence electrons. The van der Waals surface area contributed by atoms with Gasteiger partial charge in [0.05, 0.1) is 26.4 Å². The monoisotopic (exact) mass is 190 g/mol. The molecule has 0 aromatic carbocycles. The van der Waals surface area contributed by atoms with Crippen LogP contribution in [0.5, 0.6) is 0 Å². The maximum absolute atomic E-state index is 5.57. The molecule has 1 atom stereocenters. The second kappa shape index (κ2) is 4.91. The summed E-state index contributed by atoms with van der Waals surface area (Å²) < 4.78 is 16.4. The molecule has 4 nitrogen and oxygen atoms in total. The van der Waals surface area contributed by atoms with Crippen molar-refractivity contribution in [2.24, 2.45) is 0 Å². The summed E-state index contributed by atoms with van der Waals surface area (Å²) in [6, 6.07) is 0. The zero-order chi connectivity index (χ0) is 9.73. The molecular weight excluding hydrogens is 170 g/mol. The quantitative estimate of drug-likeness (QED) is 0.610. The van der Waals surface area contributed by atoms with Crippen molar-refractivity contribution in [3.63, 3.8) is 0 Å². The Kier molecular flexibility index (Phi) is 4.12. The summed E-state index contributed by atoms with van der Waals surface area (Å²) in [5, 5.41) is 0. The molecular formula is C9H20NO3+. The minimum absolute atomic E-state index is 0.0971. The van der Waals surface area contributed by atoms with Gasteiger partial charge in [-0.15, -0.1) is 0 Å². The first-order chi connectivity index (χ1) is 6.14. The minimum atomic E-state index is -0.430. The largest absolute Gasteiger partial charge is 0.378 e. The summed E-state index contributed by atoms with van der Waals surface area (Å²) in [4.78, 5) is 0. The molecule has 1 heterocycles. The van der Waals surface area contributed by atoms with E-state index in [9.17, 15) is 0 Å². The van der Waals surface area contributed by atoms with Gasteiger partial charge in [0.1, 0.15) is 6.10 Å². The molecule has 0 saturated carbocycles. The number of ether oxygens (including phenoxy) is 3. The lowest BCUT2D eigenvalue weighted by atomic mass is 10.4. The molecule has 1 aliphatic heterocycles. The standard InChI is InChI=1S/C9H19NO3/c1-9(2)12-7-8(13-9)6-11-5-3-4-10/h8H,3-7,10H2,1-2H3/p+1/t8-/m1/s1. The van der Waals surface area contributed by atoms with Gasteiger partial charge >= 0.3 is 0 Å². The summed E-state index contributed by atoms with van der Waals surface area (Å²) in [7, 11) is 0. The molecule has 0 aromatic heterocycles. The van der Waals surface area contributed by atoms with Crippen LogP contribution in [-0.2, 0) is 14.2 Å². The van der Waals surface area contributed by atoms with Crippen molar-refractivity contribution in [1.29, 1.82) is 0 Å². The highest BCUT2D eigenvalue weighted by atomic mass is 16.7. The highest BCUT2D eigenvalue weighted by Gasteiger charge is 2.32. The molecule has 4 heteroatoms. The normalized spacial score (nSPS) is 26.5. The van der Waals surface area contributed by atoms with Gasteiger partial charge in [-0.2, -0.15) is 0 Å². The Hall–Kier alpha value is -0.160. The van der Waals surface area contributed by atoms with Crippen LogP contribution in [-0.4, -0.2) is 38.3 Å². The first-order valence-electron chi connectivity index (χ1n) is 4.83. The summed E-state index contributed by atoms with van der Waals surface area (Å²) in [6.45, 7) is 6.80. The molecule has 0 amide bonds. The minimum Gasteiger partial charge on any atom is -0.378 e. The van der Waals surface area contributed by atoms with Gasteiger partial charge in [-0.05, 0) is 13.8 Å².